The lowest BCUT2D eigenvalue weighted by Gasteiger charge is -2.00. The second-order valence-corrected chi connectivity index (χ2v) is 3.04. The van der Waals surface area contributed by atoms with Crippen molar-refractivity contribution in [3.63, 3.8) is 0 Å². The smallest absolute Gasteiger partial charge is 0.00171 e. The van der Waals surface area contributed by atoms with Crippen molar-refractivity contribution >= 4 is 0 Å². The number of hydrogen-bond acceptors (Lipinski definition) is 0. The SMILES string of the molecule is C=CC1=C(C=C)C(=C/C)/C(=C\C)C1. The molecule has 0 atom stereocenters. The molecule has 0 nitrogen and oxygen atoms in total. The van der Waals surface area contributed by atoms with Gasteiger partial charge in [0.2, 0.25) is 0 Å². The van der Waals surface area contributed by atoms with Gasteiger partial charge in [-0.3, -0.25) is 0 Å². The third-order valence-electron chi connectivity index (χ3n) is 2.45. The van der Waals surface area contributed by atoms with Gasteiger partial charge in [0.25, 0.3) is 0 Å². The van der Waals surface area contributed by atoms with E-state index in [1.54, 1.807) is 0 Å². The summed E-state index contributed by atoms with van der Waals surface area (Å²) in [7, 11) is 0. The second kappa shape index (κ2) is 4.08. The molecule has 0 unspecified atom stereocenters. The van der Waals surface area contributed by atoms with Gasteiger partial charge in [-0.15, -0.1) is 0 Å². The summed E-state index contributed by atoms with van der Waals surface area (Å²) >= 11 is 0. The summed E-state index contributed by atoms with van der Waals surface area (Å²) in [5, 5.41) is 0. The first kappa shape index (κ1) is 9.79. The molecule has 0 aromatic rings. The van der Waals surface area contributed by atoms with E-state index in [1.165, 1.54) is 22.3 Å². The van der Waals surface area contributed by atoms with Crippen molar-refractivity contribution in [1.29, 1.82) is 0 Å². The maximum atomic E-state index is 3.83. The zero-order valence-corrected chi connectivity index (χ0v) is 8.43. The number of hydrogen-bond donors (Lipinski definition) is 0. The van der Waals surface area contributed by atoms with E-state index in [-0.39, 0.29) is 0 Å². The van der Waals surface area contributed by atoms with E-state index >= 15 is 0 Å². The highest BCUT2D eigenvalue weighted by atomic mass is 14.2. The van der Waals surface area contributed by atoms with Crippen molar-refractivity contribution in [2.24, 2.45) is 0 Å². The summed E-state index contributed by atoms with van der Waals surface area (Å²) in [6, 6.07) is 0. The molecule has 0 aliphatic heterocycles. The molecule has 0 fully saturated rings. The lowest BCUT2D eigenvalue weighted by Crippen LogP contribution is -1.81. The summed E-state index contributed by atoms with van der Waals surface area (Å²) in [6.45, 7) is 11.8. The Morgan fingerprint density at radius 3 is 2.15 bits per heavy atom. The van der Waals surface area contributed by atoms with E-state index in [0.29, 0.717) is 0 Å². The first-order valence-electron chi connectivity index (χ1n) is 4.58. The fraction of sp³-hybridized carbons (Fsp3) is 0.231. The van der Waals surface area contributed by atoms with Gasteiger partial charge in [0.1, 0.15) is 0 Å². The first-order valence-corrected chi connectivity index (χ1v) is 4.58. The number of allylic oxidation sites excluding steroid dienone is 8. The molecule has 0 amide bonds. The van der Waals surface area contributed by atoms with Crippen LogP contribution in [0.15, 0.2) is 59.8 Å². The predicted molar refractivity (Wildman–Crippen MR) is 59.6 cm³/mol. The highest BCUT2D eigenvalue weighted by molar-refractivity contribution is 5.62. The van der Waals surface area contributed by atoms with Crippen LogP contribution in [0.5, 0.6) is 0 Å². The quantitative estimate of drug-likeness (QED) is 0.591. The standard InChI is InChI=1S/C13H16/c1-5-10-9-11(6-2)13(8-4)12(10)7-3/h5-8H,1,3,9H2,2,4H3/b11-6-,13-8+. The molecule has 13 heavy (non-hydrogen) atoms. The van der Waals surface area contributed by atoms with E-state index in [2.05, 4.69) is 39.2 Å². The topological polar surface area (TPSA) is 0 Å². The summed E-state index contributed by atoms with van der Waals surface area (Å²) in [5.74, 6) is 0. The Bertz CT molecular complexity index is 322. The Kier molecular flexibility index (Phi) is 3.07. The van der Waals surface area contributed by atoms with Crippen LogP contribution in [0.3, 0.4) is 0 Å². The molecule has 0 aromatic heterocycles. The van der Waals surface area contributed by atoms with Crippen molar-refractivity contribution in [1.82, 2.24) is 0 Å². The van der Waals surface area contributed by atoms with E-state index in [9.17, 15) is 0 Å². The molecule has 1 rings (SSSR count). The van der Waals surface area contributed by atoms with Crippen LogP contribution in [0.25, 0.3) is 0 Å². The third-order valence-corrected chi connectivity index (χ3v) is 2.45. The Morgan fingerprint density at radius 2 is 1.77 bits per heavy atom. The van der Waals surface area contributed by atoms with Crippen LogP contribution in [0, 0.1) is 0 Å². The summed E-state index contributed by atoms with van der Waals surface area (Å²) in [6.07, 6.45) is 9.15. The average Bonchev–Trinajstić information content (AvgIpc) is 2.54. The van der Waals surface area contributed by atoms with E-state index in [1.807, 2.05) is 12.2 Å². The van der Waals surface area contributed by atoms with Crippen LogP contribution < -0.4 is 0 Å². The maximum Gasteiger partial charge on any atom is -0.00171 e. The Hall–Kier alpha value is -1.30. The van der Waals surface area contributed by atoms with Crippen LogP contribution in [-0.2, 0) is 0 Å². The van der Waals surface area contributed by atoms with Crippen molar-refractivity contribution < 1.29 is 0 Å². The maximum absolute atomic E-state index is 3.83. The minimum atomic E-state index is 1.00. The molecule has 0 saturated heterocycles. The fourth-order valence-corrected chi connectivity index (χ4v) is 1.76. The Morgan fingerprint density at radius 1 is 1.08 bits per heavy atom. The highest BCUT2D eigenvalue weighted by Gasteiger charge is 2.18. The molecular formula is C13H16. The van der Waals surface area contributed by atoms with Gasteiger partial charge in [-0.1, -0.05) is 37.5 Å². The van der Waals surface area contributed by atoms with Gasteiger partial charge in [-0.2, -0.15) is 0 Å². The van der Waals surface area contributed by atoms with Crippen LogP contribution >= 0.6 is 0 Å². The summed E-state index contributed by atoms with van der Waals surface area (Å²) in [5.41, 5.74) is 5.22. The minimum Gasteiger partial charge on any atom is -0.0988 e. The van der Waals surface area contributed by atoms with Crippen LogP contribution in [0.2, 0.25) is 0 Å². The van der Waals surface area contributed by atoms with E-state index in [0.717, 1.165) is 6.42 Å². The van der Waals surface area contributed by atoms with Crippen molar-refractivity contribution in [3.05, 3.63) is 59.8 Å². The second-order valence-electron chi connectivity index (χ2n) is 3.04. The van der Waals surface area contributed by atoms with Crippen molar-refractivity contribution in [3.8, 4) is 0 Å². The lowest BCUT2D eigenvalue weighted by molar-refractivity contribution is 1.24. The molecule has 0 spiro atoms. The number of rotatable bonds is 2. The first-order chi connectivity index (χ1) is 6.28. The molecule has 0 radical (unpaired) electrons. The van der Waals surface area contributed by atoms with Gasteiger partial charge in [0.15, 0.2) is 0 Å². The monoisotopic (exact) mass is 172 g/mol. The Labute approximate surface area is 80.7 Å². The van der Waals surface area contributed by atoms with Crippen molar-refractivity contribution in [2.75, 3.05) is 0 Å². The zero-order chi connectivity index (χ0) is 9.84. The van der Waals surface area contributed by atoms with E-state index < -0.39 is 0 Å². The molecule has 1 aliphatic rings. The third kappa shape index (κ3) is 1.57. The van der Waals surface area contributed by atoms with Crippen LogP contribution in [-0.4, -0.2) is 0 Å². The van der Waals surface area contributed by atoms with Gasteiger partial charge in [0.05, 0.1) is 0 Å². The molecule has 0 heterocycles. The van der Waals surface area contributed by atoms with Crippen LogP contribution in [0.4, 0.5) is 0 Å². The minimum absolute atomic E-state index is 1.00. The zero-order valence-electron chi connectivity index (χ0n) is 8.43. The largest absolute Gasteiger partial charge is 0.0988 e. The summed E-state index contributed by atoms with van der Waals surface area (Å²) < 4.78 is 0. The Balaban J connectivity index is 3.23. The highest BCUT2D eigenvalue weighted by Crippen LogP contribution is 2.36. The molecule has 68 valence electrons. The molecule has 0 aromatic carbocycles. The predicted octanol–water partition coefficient (Wildman–Crippen LogP) is 3.95. The van der Waals surface area contributed by atoms with Gasteiger partial charge < -0.3 is 0 Å². The lowest BCUT2D eigenvalue weighted by atomic mass is 10.0. The summed E-state index contributed by atoms with van der Waals surface area (Å²) in [4.78, 5) is 0. The molecular weight excluding hydrogens is 156 g/mol. The van der Waals surface area contributed by atoms with Gasteiger partial charge in [-0.25, -0.2) is 0 Å². The average molecular weight is 172 g/mol. The molecule has 0 N–H and O–H groups in total. The normalized spacial score (nSPS) is 22.9. The van der Waals surface area contributed by atoms with Gasteiger partial charge >= 0.3 is 0 Å². The van der Waals surface area contributed by atoms with Gasteiger partial charge in [0, 0.05) is 0 Å². The molecule has 0 saturated carbocycles. The van der Waals surface area contributed by atoms with Gasteiger partial charge in [-0.05, 0) is 42.6 Å². The van der Waals surface area contributed by atoms with Crippen molar-refractivity contribution in [2.45, 2.75) is 20.3 Å². The molecule has 1 aliphatic carbocycles. The fourth-order valence-electron chi connectivity index (χ4n) is 1.76. The van der Waals surface area contributed by atoms with Crippen LogP contribution in [0.1, 0.15) is 20.3 Å². The molecule has 0 heteroatoms. The van der Waals surface area contributed by atoms with E-state index in [4.69, 9.17) is 0 Å². The molecule has 0 bridgehead atoms.